The summed E-state index contributed by atoms with van der Waals surface area (Å²) in [4.78, 5) is 23.9. The number of rotatable bonds is 6. The molecular weight excluding hydrogens is 360 g/mol. The number of hydrogen-bond donors (Lipinski definition) is 1. The molecule has 0 unspecified atom stereocenters. The summed E-state index contributed by atoms with van der Waals surface area (Å²) in [5.74, 6) is -1.23. The van der Waals surface area contributed by atoms with Crippen molar-refractivity contribution in [2.75, 3.05) is 30.8 Å². The first-order chi connectivity index (χ1) is 11.3. The maximum atomic E-state index is 12.1. The topological polar surface area (TPSA) is 102 Å². The van der Waals surface area contributed by atoms with Gasteiger partial charge in [-0.3, -0.25) is 9.59 Å². The predicted octanol–water partition coefficient (Wildman–Crippen LogP) is 0.755. The van der Waals surface area contributed by atoms with Crippen molar-refractivity contribution in [3.05, 3.63) is 28.8 Å². The Kier molecular flexibility index (Phi) is 5.81. The lowest BCUT2D eigenvalue weighted by Crippen LogP contribution is -2.34. The normalized spacial score (nSPS) is 16.7. The van der Waals surface area contributed by atoms with Gasteiger partial charge in [0.25, 0.3) is 5.91 Å². The Morgan fingerprint density at radius 2 is 2.04 bits per heavy atom. The fourth-order valence-electron chi connectivity index (χ4n) is 2.22. The highest BCUT2D eigenvalue weighted by Crippen LogP contribution is 2.29. The standard InChI is InChI=1S/C14H17ClN2O6S/c1-22-13(23-2)8-16-14(19)10-4-3-9(7-11(10)15)17-12(18)5-6-24(17,20)21/h3-4,7,13H,5-6,8H2,1-2H3,(H,16,19). The summed E-state index contributed by atoms with van der Waals surface area (Å²) in [5.41, 5.74) is 0.265. The molecule has 1 N–H and O–H groups in total. The van der Waals surface area contributed by atoms with Crippen LogP contribution in [0, 0.1) is 0 Å². The van der Waals surface area contributed by atoms with Crippen molar-refractivity contribution in [3.63, 3.8) is 0 Å². The molecule has 24 heavy (non-hydrogen) atoms. The molecule has 1 aromatic carbocycles. The molecule has 0 atom stereocenters. The number of nitrogens with one attached hydrogen (secondary N) is 1. The third-order valence-corrected chi connectivity index (χ3v) is 5.47. The molecule has 0 aromatic heterocycles. The first-order valence-corrected chi connectivity index (χ1v) is 8.98. The van der Waals surface area contributed by atoms with E-state index < -0.39 is 28.1 Å². The Labute approximate surface area is 144 Å². The number of anilines is 1. The van der Waals surface area contributed by atoms with Crippen LogP contribution in [0.1, 0.15) is 16.8 Å². The fraction of sp³-hybridized carbons (Fsp3) is 0.429. The molecule has 0 radical (unpaired) electrons. The molecule has 0 spiro atoms. The number of amides is 2. The maximum Gasteiger partial charge on any atom is 0.252 e. The second kappa shape index (κ2) is 7.47. The zero-order valence-corrected chi connectivity index (χ0v) is 14.7. The van der Waals surface area contributed by atoms with E-state index in [0.717, 1.165) is 0 Å². The fourth-order valence-corrected chi connectivity index (χ4v) is 3.93. The summed E-state index contributed by atoms with van der Waals surface area (Å²) in [5, 5.41) is 2.62. The van der Waals surface area contributed by atoms with Crippen molar-refractivity contribution in [2.45, 2.75) is 12.7 Å². The Bertz CT molecular complexity index is 748. The van der Waals surface area contributed by atoms with Crippen LogP contribution in [0.2, 0.25) is 5.02 Å². The van der Waals surface area contributed by atoms with E-state index in [1.807, 2.05) is 0 Å². The van der Waals surface area contributed by atoms with E-state index in [4.69, 9.17) is 21.1 Å². The molecule has 1 fully saturated rings. The van der Waals surface area contributed by atoms with Crippen molar-refractivity contribution in [3.8, 4) is 0 Å². The van der Waals surface area contributed by atoms with Gasteiger partial charge in [-0.15, -0.1) is 0 Å². The maximum absolute atomic E-state index is 12.1. The lowest BCUT2D eigenvalue weighted by Gasteiger charge is -2.17. The van der Waals surface area contributed by atoms with E-state index in [1.54, 1.807) is 0 Å². The van der Waals surface area contributed by atoms with Gasteiger partial charge < -0.3 is 14.8 Å². The van der Waals surface area contributed by atoms with E-state index in [0.29, 0.717) is 4.31 Å². The molecule has 1 aliphatic heterocycles. The number of ether oxygens (including phenoxy) is 2. The van der Waals surface area contributed by atoms with Crippen LogP contribution in [0.3, 0.4) is 0 Å². The van der Waals surface area contributed by atoms with Crippen LogP contribution in [0.4, 0.5) is 5.69 Å². The van der Waals surface area contributed by atoms with E-state index >= 15 is 0 Å². The minimum absolute atomic E-state index is 0.0336. The second-order valence-corrected chi connectivity index (χ2v) is 7.34. The molecule has 0 aliphatic carbocycles. The SMILES string of the molecule is COC(CNC(=O)c1ccc(N2C(=O)CCS2(=O)=O)cc1Cl)OC. The van der Waals surface area contributed by atoms with Crippen LogP contribution in [-0.2, 0) is 24.3 Å². The summed E-state index contributed by atoms with van der Waals surface area (Å²) in [7, 11) is -0.796. The summed E-state index contributed by atoms with van der Waals surface area (Å²) in [6.45, 7) is 0.114. The number of methoxy groups -OCH3 is 2. The van der Waals surface area contributed by atoms with Gasteiger partial charge in [-0.2, -0.15) is 0 Å². The van der Waals surface area contributed by atoms with Crippen LogP contribution in [0.5, 0.6) is 0 Å². The van der Waals surface area contributed by atoms with Crippen molar-refractivity contribution in [1.29, 1.82) is 0 Å². The Morgan fingerprint density at radius 3 is 2.54 bits per heavy atom. The Balaban J connectivity index is 2.18. The van der Waals surface area contributed by atoms with Crippen LogP contribution in [0.15, 0.2) is 18.2 Å². The third-order valence-electron chi connectivity index (χ3n) is 3.47. The largest absolute Gasteiger partial charge is 0.354 e. The summed E-state index contributed by atoms with van der Waals surface area (Å²) < 4.78 is 34.4. The first kappa shape index (κ1) is 18.7. The zero-order chi connectivity index (χ0) is 17.9. The van der Waals surface area contributed by atoms with E-state index in [-0.39, 0.29) is 35.0 Å². The molecule has 2 rings (SSSR count). The molecule has 1 aliphatic rings. The molecule has 10 heteroatoms. The molecule has 8 nitrogen and oxygen atoms in total. The molecule has 1 heterocycles. The highest BCUT2D eigenvalue weighted by molar-refractivity contribution is 7.94. The minimum atomic E-state index is -3.68. The number of nitrogens with zero attached hydrogens (tertiary/aromatic N) is 1. The molecule has 0 saturated carbocycles. The average Bonchev–Trinajstić information content (AvgIpc) is 2.81. The molecule has 2 amide bonds. The van der Waals surface area contributed by atoms with Crippen molar-refractivity contribution in [2.24, 2.45) is 0 Å². The average molecular weight is 377 g/mol. The second-order valence-electron chi connectivity index (χ2n) is 5.00. The van der Waals surface area contributed by atoms with E-state index in [1.165, 1.54) is 32.4 Å². The summed E-state index contributed by atoms with van der Waals surface area (Å²) in [6, 6.07) is 4.01. The first-order valence-electron chi connectivity index (χ1n) is 6.99. The number of halogens is 1. The summed E-state index contributed by atoms with van der Waals surface area (Å²) >= 11 is 6.07. The van der Waals surface area contributed by atoms with Gasteiger partial charge in [0.05, 0.1) is 28.6 Å². The number of sulfonamides is 1. The van der Waals surface area contributed by atoms with Crippen molar-refractivity contribution < 1.29 is 27.5 Å². The highest BCUT2D eigenvalue weighted by Gasteiger charge is 2.36. The van der Waals surface area contributed by atoms with Crippen LogP contribution in [0.25, 0.3) is 0 Å². The number of carbonyl (C=O) groups is 2. The quantitative estimate of drug-likeness (QED) is 0.735. The van der Waals surface area contributed by atoms with Gasteiger partial charge in [0.1, 0.15) is 0 Å². The Hall–Kier alpha value is -1.68. The van der Waals surface area contributed by atoms with Gasteiger partial charge in [0.2, 0.25) is 15.9 Å². The molecule has 1 saturated heterocycles. The third kappa shape index (κ3) is 3.86. The van der Waals surface area contributed by atoms with E-state index in [2.05, 4.69) is 5.32 Å². The molecule has 0 bridgehead atoms. The lowest BCUT2D eigenvalue weighted by molar-refractivity contribution is -0.116. The number of benzene rings is 1. The molecule has 1 aromatic rings. The van der Waals surface area contributed by atoms with Crippen molar-refractivity contribution >= 4 is 39.1 Å². The van der Waals surface area contributed by atoms with E-state index in [9.17, 15) is 18.0 Å². The molecule has 132 valence electrons. The van der Waals surface area contributed by atoms with Gasteiger partial charge in [-0.25, -0.2) is 12.7 Å². The number of hydrogen-bond acceptors (Lipinski definition) is 6. The zero-order valence-electron chi connectivity index (χ0n) is 13.1. The lowest BCUT2D eigenvalue weighted by atomic mass is 10.2. The Morgan fingerprint density at radius 1 is 1.38 bits per heavy atom. The monoisotopic (exact) mass is 376 g/mol. The van der Waals surface area contributed by atoms with Crippen LogP contribution in [-0.4, -0.2) is 53.0 Å². The minimum Gasteiger partial charge on any atom is -0.354 e. The van der Waals surface area contributed by atoms with Gasteiger partial charge in [0, 0.05) is 20.6 Å². The van der Waals surface area contributed by atoms with Crippen molar-refractivity contribution in [1.82, 2.24) is 5.32 Å². The highest BCUT2D eigenvalue weighted by atomic mass is 35.5. The van der Waals surface area contributed by atoms with Gasteiger partial charge in [0.15, 0.2) is 6.29 Å². The molecular formula is C14H17ClN2O6S. The van der Waals surface area contributed by atoms with Crippen LogP contribution >= 0.6 is 11.6 Å². The van der Waals surface area contributed by atoms with Gasteiger partial charge >= 0.3 is 0 Å². The smallest absolute Gasteiger partial charge is 0.252 e. The predicted molar refractivity (Wildman–Crippen MR) is 87.5 cm³/mol. The van der Waals surface area contributed by atoms with Gasteiger partial charge in [-0.05, 0) is 18.2 Å². The van der Waals surface area contributed by atoms with Gasteiger partial charge in [-0.1, -0.05) is 11.6 Å². The number of carbonyl (C=O) groups excluding carboxylic acids is 2. The summed E-state index contributed by atoms with van der Waals surface area (Å²) in [6.07, 6.45) is -0.670. The van der Waals surface area contributed by atoms with Crippen LogP contribution < -0.4 is 9.62 Å².